The Morgan fingerprint density at radius 2 is 2.00 bits per heavy atom. The molecular formula is C13H16ClNO3. The fourth-order valence-corrected chi connectivity index (χ4v) is 1.71. The van der Waals surface area contributed by atoms with Crippen LogP contribution in [-0.4, -0.2) is 30.9 Å². The molecule has 0 aromatic heterocycles. The van der Waals surface area contributed by atoms with Gasteiger partial charge in [0.05, 0.1) is 7.11 Å². The lowest BCUT2D eigenvalue weighted by molar-refractivity contribution is -0.145. The summed E-state index contributed by atoms with van der Waals surface area (Å²) in [4.78, 5) is 23.0. The molecule has 0 fully saturated rings. The Kier molecular flexibility index (Phi) is 6.22. The van der Waals surface area contributed by atoms with Crippen LogP contribution in [0.15, 0.2) is 30.3 Å². The van der Waals surface area contributed by atoms with E-state index in [1.807, 2.05) is 30.3 Å². The molecule has 0 saturated carbocycles. The lowest BCUT2D eigenvalue weighted by atomic mass is 10.1. The van der Waals surface area contributed by atoms with Gasteiger partial charge in [0, 0.05) is 18.7 Å². The van der Waals surface area contributed by atoms with E-state index in [1.54, 1.807) is 0 Å². The maximum atomic E-state index is 11.6. The molecule has 98 valence electrons. The largest absolute Gasteiger partial charge is 0.467 e. The molecule has 18 heavy (non-hydrogen) atoms. The second-order valence-electron chi connectivity index (χ2n) is 3.77. The smallest absolute Gasteiger partial charge is 0.328 e. The standard InChI is InChI=1S/C13H16ClNO3/c1-18-13(17)11(15-12(16)7-8-14)9-10-5-3-2-4-6-10/h2-6,11H,7-9H2,1H3,(H,15,16)/t11-/m0/s1. The van der Waals surface area contributed by atoms with Gasteiger partial charge >= 0.3 is 5.97 Å². The zero-order valence-corrected chi connectivity index (χ0v) is 10.9. The van der Waals surface area contributed by atoms with E-state index in [0.29, 0.717) is 6.42 Å². The van der Waals surface area contributed by atoms with Gasteiger partial charge in [-0.2, -0.15) is 0 Å². The first-order valence-corrected chi connectivity index (χ1v) is 6.18. The summed E-state index contributed by atoms with van der Waals surface area (Å²) in [6.45, 7) is 0. The minimum Gasteiger partial charge on any atom is -0.467 e. The van der Waals surface area contributed by atoms with E-state index in [9.17, 15) is 9.59 Å². The van der Waals surface area contributed by atoms with E-state index >= 15 is 0 Å². The molecule has 0 aliphatic rings. The van der Waals surface area contributed by atoms with Crippen molar-refractivity contribution in [1.29, 1.82) is 0 Å². The van der Waals surface area contributed by atoms with Gasteiger partial charge in [-0.25, -0.2) is 4.79 Å². The summed E-state index contributed by atoms with van der Waals surface area (Å²) in [5, 5.41) is 2.62. The predicted molar refractivity (Wildman–Crippen MR) is 69.4 cm³/mol. The van der Waals surface area contributed by atoms with E-state index in [2.05, 4.69) is 10.1 Å². The van der Waals surface area contributed by atoms with E-state index in [-0.39, 0.29) is 18.2 Å². The van der Waals surface area contributed by atoms with Gasteiger partial charge in [0.1, 0.15) is 6.04 Å². The van der Waals surface area contributed by atoms with Crippen molar-refractivity contribution in [2.45, 2.75) is 18.9 Å². The molecule has 0 unspecified atom stereocenters. The molecule has 1 aromatic rings. The molecular weight excluding hydrogens is 254 g/mol. The van der Waals surface area contributed by atoms with Crippen molar-refractivity contribution in [1.82, 2.24) is 5.32 Å². The SMILES string of the molecule is COC(=O)[C@H](Cc1ccccc1)NC(=O)CCCl. The van der Waals surface area contributed by atoms with Crippen LogP contribution in [-0.2, 0) is 20.7 Å². The van der Waals surface area contributed by atoms with Gasteiger partial charge < -0.3 is 10.1 Å². The summed E-state index contributed by atoms with van der Waals surface area (Å²) in [5.41, 5.74) is 0.957. The molecule has 4 nitrogen and oxygen atoms in total. The summed E-state index contributed by atoms with van der Waals surface area (Å²) in [6, 6.07) is 8.76. The number of hydrogen-bond donors (Lipinski definition) is 1. The number of rotatable bonds is 6. The van der Waals surface area contributed by atoms with E-state index in [0.717, 1.165) is 5.56 Å². The summed E-state index contributed by atoms with van der Waals surface area (Å²) < 4.78 is 4.68. The average Bonchev–Trinajstić information content (AvgIpc) is 2.38. The van der Waals surface area contributed by atoms with Crippen LogP contribution in [0.1, 0.15) is 12.0 Å². The summed E-state index contributed by atoms with van der Waals surface area (Å²) in [7, 11) is 1.30. The number of ether oxygens (including phenoxy) is 1. The summed E-state index contributed by atoms with van der Waals surface area (Å²) in [6.07, 6.45) is 0.589. The molecule has 1 atom stereocenters. The van der Waals surface area contributed by atoms with Crippen molar-refractivity contribution in [3.8, 4) is 0 Å². The van der Waals surface area contributed by atoms with Crippen LogP contribution in [0, 0.1) is 0 Å². The van der Waals surface area contributed by atoms with Crippen LogP contribution in [0.5, 0.6) is 0 Å². The number of benzene rings is 1. The second-order valence-corrected chi connectivity index (χ2v) is 4.15. The number of esters is 1. The fourth-order valence-electron chi connectivity index (χ4n) is 1.54. The number of amides is 1. The second kappa shape index (κ2) is 7.71. The third kappa shape index (κ3) is 4.75. The van der Waals surface area contributed by atoms with Crippen LogP contribution in [0.4, 0.5) is 0 Å². The van der Waals surface area contributed by atoms with Gasteiger partial charge in [-0.1, -0.05) is 30.3 Å². The molecule has 1 aromatic carbocycles. The maximum absolute atomic E-state index is 11.6. The number of alkyl halides is 1. The number of halogens is 1. The Morgan fingerprint density at radius 3 is 2.56 bits per heavy atom. The van der Waals surface area contributed by atoms with Crippen molar-refractivity contribution in [3.05, 3.63) is 35.9 Å². The first-order valence-electron chi connectivity index (χ1n) is 5.64. The molecule has 0 radical (unpaired) electrons. The average molecular weight is 270 g/mol. The minimum atomic E-state index is -0.673. The van der Waals surface area contributed by atoms with Crippen molar-refractivity contribution in [2.24, 2.45) is 0 Å². The molecule has 0 heterocycles. The highest BCUT2D eigenvalue weighted by molar-refractivity contribution is 6.18. The van der Waals surface area contributed by atoms with Crippen LogP contribution >= 0.6 is 11.6 Å². The third-order valence-electron chi connectivity index (χ3n) is 2.43. The Balaban J connectivity index is 2.67. The molecule has 1 rings (SSSR count). The monoisotopic (exact) mass is 269 g/mol. The van der Waals surface area contributed by atoms with Crippen LogP contribution in [0.2, 0.25) is 0 Å². The summed E-state index contributed by atoms with van der Waals surface area (Å²) >= 11 is 5.48. The van der Waals surface area contributed by atoms with E-state index < -0.39 is 12.0 Å². The molecule has 1 amide bonds. The van der Waals surface area contributed by atoms with E-state index in [4.69, 9.17) is 11.6 Å². The Morgan fingerprint density at radius 1 is 1.33 bits per heavy atom. The Labute approximate surface area is 111 Å². The van der Waals surface area contributed by atoms with Crippen molar-refractivity contribution in [2.75, 3.05) is 13.0 Å². The highest BCUT2D eigenvalue weighted by Crippen LogP contribution is 2.05. The number of methoxy groups -OCH3 is 1. The van der Waals surface area contributed by atoms with Gasteiger partial charge in [-0.15, -0.1) is 11.6 Å². The maximum Gasteiger partial charge on any atom is 0.328 e. The highest BCUT2D eigenvalue weighted by atomic mass is 35.5. The molecule has 0 aliphatic heterocycles. The zero-order valence-electron chi connectivity index (χ0n) is 10.2. The minimum absolute atomic E-state index is 0.184. The lowest BCUT2D eigenvalue weighted by Gasteiger charge is -2.16. The Bertz CT molecular complexity index is 394. The van der Waals surface area contributed by atoms with Gasteiger partial charge in [0.15, 0.2) is 0 Å². The molecule has 0 saturated heterocycles. The van der Waals surface area contributed by atoms with Crippen LogP contribution in [0.3, 0.4) is 0 Å². The molecule has 0 spiro atoms. The first-order chi connectivity index (χ1) is 8.67. The van der Waals surface area contributed by atoms with Crippen LogP contribution in [0.25, 0.3) is 0 Å². The van der Waals surface area contributed by atoms with Crippen molar-refractivity contribution in [3.63, 3.8) is 0 Å². The topological polar surface area (TPSA) is 55.4 Å². The van der Waals surface area contributed by atoms with E-state index in [1.165, 1.54) is 7.11 Å². The van der Waals surface area contributed by atoms with Gasteiger partial charge in [-0.05, 0) is 5.56 Å². The van der Waals surface area contributed by atoms with Gasteiger partial charge in [0.2, 0.25) is 5.91 Å². The number of hydrogen-bond acceptors (Lipinski definition) is 3. The quantitative estimate of drug-likeness (QED) is 0.629. The zero-order chi connectivity index (χ0) is 13.4. The number of nitrogens with one attached hydrogen (secondary N) is 1. The summed E-state index contributed by atoms with van der Waals surface area (Å²) in [5.74, 6) is -0.483. The lowest BCUT2D eigenvalue weighted by Crippen LogP contribution is -2.43. The highest BCUT2D eigenvalue weighted by Gasteiger charge is 2.21. The number of carbonyl (C=O) groups excluding carboxylic acids is 2. The number of carbonyl (C=O) groups is 2. The van der Waals surface area contributed by atoms with Gasteiger partial charge in [-0.3, -0.25) is 4.79 Å². The Hall–Kier alpha value is -1.55. The normalized spacial score (nSPS) is 11.7. The fraction of sp³-hybridized carbons (Fsp3) is 0.385. The van der Waals surface area contributed by atoms with Crippen LogP contribution < -0.4 is 5.32 Å². The van der Waals surface area contributed by atoms with Gasteiger partial charge in [0.25, 0.3) is 0 Å². The molecule has 5 heteroatoms. The van der Waals surface area contributed by atoms with Crippen molar-refractivity contribution < 1.29 is 14.3 Å². The first kappa shape index (κ1) is 14.5. The van der Waals surface area contributed by atoms with Crippen molar-refractivity contribution >= 4 is 23.5 Å². The predicted octanol–water partition coefficient (Wildman–Crippen LogP) is 1.52. The third-order valence-corrected chi connectivity index (χ3v) is 2.61. The molecule has 1 N–H and O–H groups in total. The molecule has 0 aliphatic carbocycles. The molecule has 0 bridgehead atoms.